The molecule has 0 bridgehead atoms. The number of hydrogen-bond donors (Lipinski definition) is 2. The van der Waals surface area contributed by atoms with E-state index in [2.05, 4.69) is 20.5 Å². The van der Waals surface area contributed by atoms with Gasteiger partial charge in [0.25, 0.3) is 5.91 Å². The minimum absolute atomic E-state index is 0.153. The molecule has 2 aromatic rings. The number of carbonyl (C=O) groups excluding carboxylic acids is 1. The van der Waals surface area contributed by atoms with Crippen molar-refractivity contribution in [2.75, 3.05) is 5.32 Å². The number of anilines is 1. The fraction of sp³-hybridized carbons (Fsp3) is 0.471. The lowest BCUT2D eigenvalue weighted by Gasteiger charge is -2.06. The van der Waals surface area contributed by atoms with Crippen molar-refractivity contribution in [2.45, 2.75) is 50.9 Å². The number of fused-ring (bicyclic) bond motifs is 1. The molecule has 2 aliphatic carbocycles. The molecule has 2 heterocycles. The number of H-pyrrole nitrogens is 1. The van der Waals surface area contributed by atoms with Crippen LogP contribution in [0.15, 0.2) is 18.2 Å². The zero-order valence-corrected chi connectivity index (χ0v) is 12.6. The number of aromatic amines is 1. The second-order valence-corrected chi connectivity index (χ2v) is 6.27. The Kier molecular flexibility index (Phi) is 3.41. The zero-order valence-electron chi connectivity index (χ0n) is 12.6. The molecule has 5 heteroatoms. The maximum atomic E-state index is 12.5. The summed E-state index contributed by atoms with van der Waals surface area (Å²) in [6, 6.07) is 5.84. The van der Waals surface area contributed by atoms with E-state index in [0.29, 0.717) is 17.4 Å². The van der Waals surface area contributed by atoms with Crippen LogP contribution in [0.25, 0.3) is 0 Å². The first-order chi connectivity index (χ1) is 10.8. The first kappa shape index (κ1) is 13.5. The minimum Gasteiger partial charge on any atom is -0.305 e. The van der Waals surface area contributed by atoms with Crippen molar-refractivity contribution in [3.63, 3.8) is 0 Å². The highest BCUT2D eigenvalue weighted by molar-refractivity contribution is 6.03. The van der Waals surface area contributed by atoms with Crippen LogP contribution in [0.1, 0.15) is 65.5 Å². The van der Waals surface area contributed by atoms with E-state index in [4.69, 9.17) is 0 Å². The van der Waals surface area contributed by atoms with Gasteiger partial charge in [0.2, 0.25) is 0 Å². The lowest BCUT2D eigenvalue weighted by atomic mass is 10.1. The average Bonchev–Trinajstić information content (AvgIpc) is 3.33. The Morgan fingerprint density at radius 1 is 1.18 bits per heavy atom. The monoisotopic (exact) mass is 296 g/mol. The van der Waals surface area contributed by atoms with Crippen molar-refractivity contribution in [1.82, 2.24) is 15.2 Å². The normalized spacial score (nSPS) is 17.6. The molecule has 0 atom stereocenters. The Labute approximate surface area is 129 Å². The third-order valence-corrected chi connectivity index (χ3v) is 4.53. The molecule has 114 valence electrons. The van der Waals surface area contributed by atoms with Gasteiger partial charge in [-0.25, -0.2) is 4.98 Å². The number of hydrogen-bond acceptors (Lipinski definition) is 3. The van der Waals surface area contributed by atoms with Crippen molar-refractivity contribution >= 4 is 11.7 Å². The average molecular weight is 296 g/mol. The van der Waals surface area contributed by atoms with Crippen LogP contribution in [0.3, 0.4) is 0 Å². The fourth-order valence-corrected chi connectivity index (χ4v) is 3.15. The molecule has 1 saturated carbocycles. The third-order valence-electron chi connectivity index (χ3n) is 4.53. The van der Waals surface area contributed by atoms with Crippen LogP contribution < -0.4 is 5.32 Å². The molecule has 2 aliphatic rings. The predicted octanol–water partition coefficient (Wildman–Crippen LogP) is 3.20. The molecule has 22 heavy (non-hydrogen) atoms. The van der Waals surface area contributed by atoms with E-state index in [-0.39, 0.29) is 5.91 Å². The van der Waals surface area contributed by atoms with Gasteiger partial charge < -0.3 is 5.32 Å². The maximum absolute atomic E-state index is 12.5. The summed E-state index contributed by atoms with van der Waals surface area (Å²) >= 11 is 0. The molecule has 5 nitrogen and oxygen atoms in total. The van der Waals surface area contributed by atoms with Crippen LogP contribution in [-0.2, 0) is 12.8 Å². The quantitative estimate of drug-likeness (QED) is 0.854. The lowest BCUT2D eigenvalue weighted by molar-refractivity contribution is 0.102. The molecule has 0 aromatic carbocycles. The van der Waals surface area contributed by atoms with E-state index in [1.165, 1.54) is 25.7 Å². The van der Waals surface area contributed by atoms with E-state index in [9.17, 15) is 4.79 Å². The molecule has 1 fully saturated rings. The van der Waals surface area contributed by atoms with Gasteiger partial charge in [-0.1, -0.05) is 12.5 Å². The predicted molar refractivity (Wildman–Crippen MR) is 84.0 cm³/mol. The first-order valence-corrected chi connectivity index (χ1v) is 8.15. The second-order valence-electron chi connectivity index (χ2n) is 6.27. The van der Waals surface area contributed by atoms with Gasteiger partial charge >= 0.3 is 0 Å². The Bertz CT molecular complexity index is 702. The Balaban J connectivity index is 1.55. The van der Waals surface area contributed by atoms with E-state index < -0.39 is 0 Å². The maximum Gasteiger partial charge on any atom is 0.277 e. The molecule has 0 unspecified atom stereocenters. The SMILES string of the molecule is O=C(Nc1cccc(C2CC2)n1)c1n[nH]c2c1CCCCC2. The van der Waals surface area contributed by atoms with Crippen LogP contribution in [0.2, 0.25) is 0 Å². The fourth-order valence-electron chi connectivity index (χ4n) is 3.15. The summed E-state index contributed by atoms with van der Waals surface area (Å²) in [6.07, 6.45) is 7.85. The third kappa shape index (κ3) is 2.63. The summed E-state index contributed by atoms with van der Waals surface area (Å²) in [7, 11) is 0. The van der Waals surface area contributed by atoms with E-state index >= 15 is 0 Å². The van der Waals surface area contributed by atoms with E-state index in [1.807, 2.05) is 18.2 Å². The van der Waals surface area contributed by atoms with Crippen LogP contribution in [0.4, 0.5) is 5.82 Å². The summed E-state index contributed by atoms with van der Waals surface area (Å²) in [5, 5.41) is 10.2. The Morgan fingerprint density at radius 3 is 2.91 bits per heavy atom. The minimum atomic E-state index is -0.153. The van der Waals surface area contributed by atoms with Gasteiger partial charge in [0.15, 0.2) is 5.69 Å². The number of nitrogens with zero attached hydrogens (tertiary/aromatic N) is 2. The Hall–Kier alpha value is -2.17. The largest absolute Gasteiger partial charge is 0.305 e. The smallest absolute Gasteiger partial charge is 0.277 e. The highest BCUT2D eigenvalue weighted by Gasteiger charge is 2.25. The number of pyridine rings is 1. The number of nitrogens with one attached hydrogen (secondary N) is 2. The molecular weight excluding hydrogens is 276 g/mol. The van der Waals surface area contributed by atoms with Gasteiger partial charge in [0, 0.05) is 22.9 Å². The summed E-state index contributed by atoms with van der Waals surface area (Å²) in [5.41, 5.74) is 3.84. The summed E-state index contributed by atoms with van der Waals surface area (Å²) in [6.45, 7) is 0. The number of amides is 1. The summed E-state index contributed by atoms with van der Waals surface area (Å²) in [5.74, 6) is 1.05. The van der Waals surface area contributed by atoms with Crippen LogP contribution in [0, 0.1) is 0 Å². The van der Waals surface area contributed by atoms with Crippen LogP contribution in [0.5, 0.6) is 0 Å². The molecule has 2 N–H and O–H groups in total. The molecule has 4 rings (SSSR count). The van der Waals surface area contributed by atoms with Gasteiger partial charge in [-0.15, -0.1) is 0 Å². The number of aromatic nitrogens is 3. The van der Waals surface area contributed by atoms with Crippen molar-refractivity contribution in [3.05, 3.63) is 40.8 Å². The van der Waals surface area contributed by atoms with Crippen LogP contribution >= 0.6 is 0 Å². The molecule has 2 aromatic heterocycles. The van der Waals surface area contributed by atoms with Gasteiger partial charge in [-0.05, 0) is 50.7 Å². The molecule has 0 aliphatic heterocycles. The van der Waals surface area contributed by atoms with Gasteiger partial charge in [-0.3, -0.25) is 9.89 Å². The van der Waals surface area contributed by atoms with Crippen molar-refractivity contribution in [2.24, 2.45) is 0 Å². The highest BCUT2D eigenvalue weighted by Crippen LogP contribution is 2.39. The standard InChI is InChI=1S/C17H20N4O/c22-17(16-12-5-2-1-3-6-14(12)20-21-16)19-15-8-4-7-13(18-15)11-9-10-11/h4,7-8,11H,1-3,5-6,9-10H2,(H,20,21)(H,18,19,22). The summed E-state index contributed by atoms with van der Waals surface area (Å²) in [4.78, 5) is 17.1. The van der Waals surface area contributed by atoms with Crippen molar-refractivity contribution in [3.8, 4) is 0 Å². The second kappa shape index (κ2) is 5.55. The first-order valence-electron chi connectivity index (χ1n) is 8.15. The van der Waals surface area contributed by atoms with Crippen molar-refractivity contribution < 1.29 is 4.79 Å². The van der Waals surface area contributed by atoms with Gasteiger partial charge in [0.05, 0.1) is 0 Å². The molecular formula is C17H20N4O. The van der Waals surface area contributed by atoms with Crippen molar-refractivity contribution in [1.29, 1.82) is 0 Å². The van der Waals surface area contributed by atoms with E-state index in [0.717, 1.165) is 36.2 Å². The number of aryl methyl sites for hydroxylation is 1. The number of rotatable bonds is 3. The number of carbonyl (C=O) groups is 1. The zero-order chi connectivity index (χ0) is 14.9. The van der Waals surface area contributed by atoms with Gasteiger partial charge in [0.1, 0.15) is 5.82 Å². The lowest BCUT2D eigenvalue weighted by Crippen LogP contribution is -2.15. The molecule has 0 spiro atoms. The Morgan fingerprint density at radius 2 is 2.05 bits per heavy atom. The molecule has 0 radical (unpaired) electrons. The van der Waals surface area contributed by atoms with Gasteiger partial charge in [-0.2, -0.15) is 5.10 Å². The van der Waals surface area contributed by atoms with Crippen LogP contribution in [-0.4, -0.2) is 21.1 Å². The topological polar surface area (TPSA) is 70.7 Å². The van der Waals surface area contributed by atoms with E-state index in [1.54, 1.807) is 0 Å². The summed E-state index contributed by atoms with van der Waals surface area (Å²) < 4.78 is 0. The highest BCUT2D eigenvalue weighted by atomic mass is 16.2. The molecule has 1 amide bonds. The molecule has 0 saturated heterocycles.